The summed E-state index contributed by atoms with van der Waals surface area (Å²) < 4.78 is 37.9. The number of nitrogens with one attached hydrogen (secondary N) is 1. The Kier molecular flexibility index (Phi) is 4.89. The summed E-state index contributed by atoms with van der Waals surface area (Å²) in [6.45, 7) is 2.50. The molecular weight excluding hydrogens is 275 g/mol. The van der Waals surface area contributed by atoms with Crippen LogP contribution in [0, 0.1) is 0 Å². The normalized spacial score (nSPS) is 11.4. The zero-order valence-corrected chi connectivity index (χ0v) is 11.9. The summed E-state index contributed by atoms with van der Waals surface area (Å²) in [7, 11) is 0. The van der Waals surface area contributed by atoms with E-state index in [1.807, 2.05) is 24.3 Å². The highest BCUT2D eigenvalue weighted by atomic mass is 19.4. The molecule has 1 N–H and O–H groups in total. The third-order valence-electron chi connectivity index (χ3n) is 3.24. The molecular formula is C17H18F3N. The fraction of sp³-hybridized carbons (Fsp3) is 0.294. The Hall–Kier alpha value is -1.97. The topological polar surface area (TPSA) is 12.0 Å². The van der Waals surface area contributed by atoms with Gasteiger partial charge in [0.15, 0.2) is 0 Å². The molecule has 4 heteroatoms. The molecule has 2 aromatic carbocycles. The van der Waals surface area contributed by atoms with E-state index in [9.17, 15) is 13.2 Å². The number of rotatable bonds is 5. The number of hydrogen-bond acceptors (Lipinski definition) is 1. The largest absolute Gasteiger partial charge is 0.416 e. The lowest BCUT2D eigenvalue weighted by atomic mass is 10.1. The van der Waals surface area contributed by atoms with Crippen LogP contribution in [0.2, 0.25) is 0 Å². The van der Waals surface area contributed by atoms with Gasteiger partial charge in [0, 0.05) is 12.2 Å². The minimum absolute atomic E-state index is 0.372. The highest BCUT2D eigenvalue weighted by molar-refractivity contribution is 5.45. The maximum absolute atomic E-state index is 12.6. The summed E-state index contributed by atoms with van der Waals surface area (Å²) in [5, 5.41) is 3.14. The average Bonchev–Trinajstić information content (AvgIpc) is 2.46. The van der Waals surface area contributed by atoms with E-state index in [1.54, 1.807) is 6.07 Å². The van der Waals surface area contributed by atoms with E-state index >= 15 is 0 Å². The Morgan fingerprint density at radius 1 is 0.952 bits per heavy atom. The van der Waals surface area contributed by atoms with E-state index in [1.165, 1.54) is 17.7 Å². The van der Waals surface area contributed by atoms with E-state index < -0.39 is 11.7 Å². The number of anilines is 1. The summed E-state index contributed by atoms with van der Waals surface area (Å²) >= 11 is 0. The zero-order valence-electron chi connectivity index (χ0n) is 11.9. The predicted molar refractivity (Wildman–Crippen MR) is 79.2 cm³/mol. The van der Waals surface area contributed by atoms with Gasteiger partial charge in [-0.1, -0.05) is 37.6 Å². The minimum Gasteiger partial charge on any atom is -0.381 e. The molecule has 1 nitrogen and oxygen atoms in total. The van der Waals surface area contributed by atoms with Gasteiger partial charge in [-0.25, -0.2) is 0 Å². The van der Waals surface area contributed by atoms with Crippen LogP contribution in [0.25, 0.3) is 0 Å². The second-order valence-electron chi connectivity index (χ2n) is 5.00. The van der Waals surface area contributed by atoms with Crippen molar-refractivity contribution in [2.24, 2.45) is 0 Å². The molecule has 0 fully saturated rings. The first-order valence-corrected chi connectivity index (χ1v) is 6.98. The van der Waals surface area contributed by atoms with Crippen molar-refractivity contribution in [1.82, 2.24) is 0 Å². The molecule has 2 aromatic rings. The van der Waals surface area contributed by atoms with Crippen LogP contribution in [0.15, 0.2) is 48.5 Å². The van der Waals surface area contributed by atoms with E-state index in [-0.39, 0.29) is 0 Å². The van der Waals surface area contributed by atoms with E-state index in [4.69, 9.17) is 0 Å². The Morgan fingerprint density at radius 3 is 2.29 bits per heavy atom. The first-order chi connectivity index (χ1) is 9.99. The highest BCUT2D eigenvalue weighted by Gasteiger charge is 2.30. The van der Waals surface area contributed by atoms with Crippen molar-refractivity contribution in [3.63, 3.8) is 0 Å². The van der Waals surface area contributed by atoms with E-state index in [2.05, 4.69) is 12.2 Å². The lowest BCUT2D eigenvalue weighted by Crippen LogP contribution is -2.06. The molecule has 0 aromatic heterocycles. The fourth-order valence-electron chi connectivity index (χ4n) is 2.14. The molecule has 21 heavy (non-hydrogen) atoms. The molecule has 0 heterocycles. The first-order valence-electron chi connectivity index (χ1n) is 6.98. The number of halogens is 3. The van der Waals surface area contributed by atoms with Crippen molar-refractivity contribution in [2.75, 3.05) is 5.32 Å². The molecule has 0 saturated heterocycles. The second kappa shape index (κ2) is 6.66. The maximum Gasteiger partial charge on any atom is 0.416 e. The van der Waals surface area contributed by atoms with Gasteiger partial charge < -0.3 is 5.32 Å². The van der Waals surface area contributed by atoms with Gasteiger partial charge in [-0.2, -0.15) is 13.2 Å². The number of hydrogen-bond donors (Lipinski definition) is 1. The monoisotopic (exact) mass is 293 g/mol. The molecule has 0 unspecified atom stereocenters. The smallest absolute Gasteiger partial charge is 0.381 e. The lowest BCUT2D eigenvalue weighted by Gasteiger charge is -2.10. The molecule has 0 saturated carbocycles. The molecule has 0 radical (unpaired) electrons. The number of aryl methyl sites for hydroxylation is 1. The molecule has 0 amide bonds. The Morgan fingerprint density at radius 2 is 1.67 bits per heavy atom. The number of alkyl halides is 3. The third kappa shape index (κ3) is 4.52. The van der Waals surface area contributed by atoms with Crippen LogP contribution < -0.4 is 5.32 Å². The lowest BCUT2D eigenvalue weighted by molar-refractivity contribution is -0.137. The van der Waals surface area contributed by atoms with Gasteiger partial charge in [-0.3, -0.25) is 0 Å². The van der Waals surface area contributed by atoms with Crippen LogP contribution in [0.3, 0.4) is 0 Å². The molecule has 0 aliphatic rings. The summed E-state index contributed by atoms with van der Waals surface area (Å²) in [5.41, 5.74) is 2.18. The van der Waals surface area contributed by atoms with Crippen LogP contribution in [-0.4, -0.2) is 0 Å². The first kappa shape index (κ1) is 15.4. The van der Waals surface area contributed by atoms with Gasteiger partial charge in [0.25, 0.3) is 0 Å². The highest BCUT2D eigenvalue weighted by Crippen LogP contribution is 2.29. The van der Waals surface area contributed by atoms with Crippen molar-refractivity contribution in [2.45, 2.75) is 32.5 Å². The van der Waals surface area contributed by atoms with Crippen LogP contribution in [-0.2, 0) is 19.1 Å². The Balaban J connectivity index is 1.99. The molecule has 112 valence electrons. The van der Waals surface area contributed by atoms with Crippen molar-refractivity contribution in [3.05, 3.63) is 65.2 Å². The van der Waals surface area contributed by atoms with Crippen LogP contribution in [0.1, 0.15) is 30.0 Å². The van der Waals surface area contributed by atoms with Gasteiger partial charge in [0.1, 0.15) is 0 Å². The van der Waals surface area contributed by atoms with Crippen LogP contribution in [0.4, 0.5) is 18.9 Å². The summed E-state index contributed by atoms with van der Waals surface area (Å²) in [6, 6.07) is 13.4. The van der Waals surface area contributed by atoms with Gasteiger partial charge in [0.2, 0.25) is 0 Å². The molecule has 0 aliphatic carbocycles. The molecule has 0 aliphatic heterocycles. The summed E-state index contributed by atoms with van der Waals surface area (Å²) in [6.07, 6.45) is -2.16. The zero-order chi connectivity index (χ0) is 15.3. The third-order valence-corrected chi connectivity index (χ3v) is 3.24. The van der Waals surface area contributed by atoms with Crippen molar-refractivity contribution in [1.29, 1.82) is 0 Å². The summed E-state index contributed by atoms with van der Waals surface area (Å²) in [4.78, 5) is 0. The predicted octanol–water partition coefficient (Wildman–Crippen LogP) is 5.27. The van der Waals surface area contributed by atoms with Crippen molar-refractivity contribution < 1.29 is 13.2 Å². The SMILES string of the molecule is CCCc1ccc(NCc2cccc(C(F)(F)F)c2)cc1. The fourth-order valence-corrected chi connectivity index (χ4v) is 2.14. The summed E-state index contributed by atoms with van der Waals surface area (Å²) in [5.74, 6) is 0. The van der Waals surface area contributed by atoms with Crippen LogP contribution >= 0.6 is 0 Å². The van der Waals surface area contributed by atoms with E-state index in [0.29, 0.717) is 12.1 Å². The molecule has 0 bridgehead atoms. The molecule has 0 spiro atoms. The van der Waals surface area contributed by atoms with Gasteiger partial charge in [-0.05, 0) is 41.8 Å². The van der Waals surface area contributed by atoms with Gasteiger partial charge in [-0.15, -0.1) is 0 Å². The molecule has 0 atom stereocenters. The standard InChI is InChI=1S/C17H18F3N/c1-2-4-13-7-9-16(10-8-13)21-12-14-5-3-6-15(11-14)17(18,19)20/h3,5-11,21H,2,4,12H2,1H3. The van der Waals surface area contributed by atoms with Crippen LogP contribution in [0.5, 0.6) is 0 Å². The second-order valence-corrected chi connectivity index (χ2v) is 5.00. The minimum atomic E-state index is -4.29. The van der Waals surface area contributed by atoms with Gasteiger partial charge in [0.05, 0.1) is 5.56 Å². The van der Waals surface area contributed by atoms with Crippen molar-refractivity contribution in [3.8, 4) is 0 Å². The Bertz CT molecular complexity index is 573. The van der Waals surface area contributed by atoms with E-state index in [0.717, 1.165) is 24.6 Å². The molecule has 2 rings (SSSR count). The maximum atomic E-state index is 12.6. The number of benzene rings is 2. The quantitative estimate of drug-likeness (QED) is 0.792. The average molecular weight is 293 g/mol. The Labute approximate surface area is 122 Å². The van der Waals surface area contributed by atoms with Gasteiger partial charge >= 0.3 is 6.18 Å². The van der Waals surface area contributed by atoms with Crippen molar-refractivity contribution >= 4 is 5.69 Å².